The zero-order valence-corrected chi connectivity index (χ0v) is 11.9. The Hall–Kier alpha value is -2.02. The van der Waals surface area contributed by atoms with Gasteiger partial charge in [0, 0.05) is 29.7 Å². The number of ketones is 1. The van der Waals surface area contributed by atoms with Crippen LogP contribution >= 0.6 is 0 Å². The van der Waals surface area contributed by atoms with Crippen LogP contribution in [0.2, 0.25) is 0 Å². The lowest BCUT2D eigenvalue weighted by molar-refractivity contribution is -0.117. The van der Waals surface area contributed by atoms with E-state index >= 15 is 0 Å². The molecular formula is C17H18N2O2. The Kier molecular flexibility index (Phi) is 2.56. The summed E-state index contributed by atoms with van der Waals surface area (Å²) in [5.41, 5.74) is 7.08. The minimum absolute atomic E-state index is 0.0995. The Bertz CT molecular complexity index is 665. The van der Waals surface area contributed by atoms with Gasteiger partial charge in [0.2, 0.25) is 5.88 Å². The summed E-state index contributed by atoms with van der Waals surface area (Å²) in [6, 6.07) is 2.22. The Labute approximate surface area is 123 Å². The highest BCUT2D eigenvalue weighted by molar-refractivity contribution is 5.98. The molecule has 1 aliphatic heterocycles. The zero-order valence-electron chi connectivity index (χ0n) is 11.9. The number of ether oxygens (including phenoxy) is 1. The molecule has 2 bridgehead atoms. The van der Waals surface area contributed by atoms with Gasteiger partial charge in [-0.2, -0.15) is 5.26 Å². The van der Waals surface area contributed by atoms with E-state index in [0.717, 1.165) is 37.7 Å². The van der Waals surface area contributed by atoms with E-state index in [-0.39, 0.29) is 23.0 Å². The maximum absolute atomic E-state index is 12.5. The van der Waals surface area contributed by atoms with Crippen molar-refractivity contribution in [2.45, 2.75) is 38.5 Å². The Morgan fingerprint density at radius 2 is 2.29 bits per heavy atom. The van der Waals surface area contributed by atoms with E-state index in [1.807, 2.05) is 0 Å². The Morgan fingerprint density at radius 1 is 1.43 bits per heavy atom. The second kappa shape index (κ2) is 4.24. The van der Waals surface area contributed by atoms with Gasteiger partial charge in [0.05, 0.1) is 5.57 Å². The monoisotopic (exact) mass is 282 g/mol. The van der Waals surface area contributed by atoms with Crippen LogP contribution in [0.15, 0.2) is 34.9 Å². The molecule has 2 N–H and O–H groups in total. The van der Waals surface area contributed by atoms with E-state index in [4.69, 9.17) is 10.5 Å². The number of hydrogen-bond donors (Lipinski definition) is 1. The lowest BCUT2D eigenvalue weighted by atomic mass is 9.65. The predicted octanol–water partition coefficient (Wildman–Crippen LogP) is 2.69. The number of fused-ring (bicyclic) bond motifs is 2. The van der Waals surface area contributed by atoms with Crippen molar-refractivity contribution in [3.8, 4) is 6.07 Å². The standard InChI is InChI=1S/C17H18N2O2/c18-9-11-15(17-6-4-10(8-17)5-7-17)14-12(20)2-1-3-13(14)21-16(11)19/h4,6,10,15H,1-3,5,7-8,19H2/t10-,15-,17-/m0/s1. The largest absolute Gasteiger partial charge is 0.444 e. The van der Waals surface area contributed by atoms with E-state index in [2.05, 4.69) is 18.2 Å². The molecule has 0 amide bonds. The molecule has 0 spiro atoms. The fourth-order valence-corrected chi connectivity index (χ4v) is 4.58. The van der Waals surface area contributed by atoms with E-state index < -0.39 is 0 Å². The highest BCUT2D eigenvalue weighted by Crippen LogP contribution is 2.59. The molecule has 0 aromatic carbocycles. The van der Waals surface area contributed by atoms with Gasteiger partial charge in [-0.25, -0.2) is 0 Å². The summed E-state index contributed by atoms with van der Waals surface area (Å²) >= 11 is 0. The number of nitrogens with two attached hydrogens (primary N) is 1. The van der Waals surface area contributed by atoms with Crippen molar-refractivity contribution in [3.05, 3.63) is 34.9 Å². The van der Waals surface area contributed by atoms with Crippen molar-refractivity contribution < 1.29 is 9.53 Å². The predicted molar refractivity (Wildman–Crippen MR) is 76.2 cm³/mol. The lowest BCUT2D eigenvalue weighted by Crippen LogP contribution is -2.37. The molecule has 1 heterocycles. The molecule has 0 aromatic heterocycles. The van der Waals surface area contributed by atoms with E-state index in [9.17, 15) is 10.1 Å². The molecule has 108 valence electrons. The third-order valence-corrected chi connectivity index (χ3v) is 5.50. The minimum atomic E-state index is -0.192. The molecule has 4 nitrogen and oxygen atoms in total. The molecule has 4 rings (SSSR count). The van der Waals surface area contributed by atoms with Crippen molar-refractivity contribution >= 4 is 5.78 Å². The summed E-state index contributed by atoms with van der Waals surface area (Å²) in [7, 11) is 0. The molecule has 3 aliphatic carbocycles. The number of hydrogen-bond acceptors (Lipinski definition) is 4. The van der Waals surface area contributed by atoms with Gasteiger partial charge in [-0.15, -0.1) is 0 Å². The number of allylic oxidation sites excluding steroid dienone is 5. The van der Waals surface area contributed by atoms with Crippen LogP contribution in [-0.2, 0) is 9.53 Å². The van der Waals surface area contributed by atoms with E-state index in [1.54, 1.807) is 0 Å². The smallest absolute Gasteiger partial charge is 0.204 e. The molecular weight excluding hydrogens is 264 g/mol. The number of Topliss-reactive ketones (excluding diaryl/α,β-unsaturated/α-hetero) is 1. The zero-order chi connectivity index (χ0) is 14.6. The summed E-state index contributed by atoms with van der Waals surface area (Å²) < 4.78 is 5.63. The SMILES string of the molecule is N#CC1=C(N)OC2=C(C(=O)CCC2)[C@H]1[C@@]12C=C[C@@H](CC1)C2. The van der Waals surface area contributed by atoms with Gasteiger partial charge in [-0.05, 0) is 31.6 Å². The molecule has 0 saturated heterocycles. The van der Waals surface area contributed by atoms with Gasteiger partial charge < -0.3 is 10.5 Å². The van der Waals surface area contributed by atoms with E-state index in [0.29, 0.717) is 23.7 Å². The van der Waals surface area contributed by atoms with Gasteiger partial charge in [-0.3, -0.25) is 4.79 Å². The van der Waals surface area contributed by atoms with Gasteiger partial charge in [0.15, 0.2) is 5.78 Å². The summed E-state index contributed by atoms with van der Waals surface area (Å²) in [6.45, 7) is 0. The first kappa shape index (κ1) is 12.7. The summed E-state index contributed by atoms with van der Waals surface area (Å²) in [5, 5.41) is 9.57. The van der Waals surface area contributed by atoms with Crippen molar-refractivity contribution in [2.75, 3.05) is 0 Å². The first-order valence-electron chi connectivity index (χ1n) is 7.68. The summed E-state index contributed by atoms with van der Waals surface area (Å²) in [6.07, 6.45) is 9.79. The number of carbonyl (C=O) groups excluding carboxylic acids is 1. The fourth-order valence-electron chi connectivity index (χ4n) is 4.58. The molecule has 1 fully saturated rings. The third-order valence-electron chi connectivity index (χ3n) is 5.50. The number of carbonyl (C=O) groups is 1. The number of nitrogens with zero attached hydrogens (tertiary/aromatic N) is 1. The van der Waals surface area contributed by atoms with Gasteiger partial charge in [-0.1, -0.05) is 12.2 Å². The molecule has 4 aliphatic rings. The van der Waals surface area contributed by atoms with Crippen molar-refractivity contribution in [3.63, 3.8) is 0 Å². The lowest BCUT2D eigenvalue weighted by Gasteiger charge is -2.39. The molecule has 3 atom stereocenters. The molecule has 0 radical (unpaired) electrons. The van der Waals surface area contributed by atoms with Gasteiger partial charge >= 0.3 is 0 Å². The van der Waals surface area contributed by atoms with Gasteiger partial charge in [0.1, 0.15) is 11.8 Å². The normalized spacial score (nSPS) is 37.6. The second-order valence-electron chi connectivity index (χ2n) is 6.63. The van der Waals surface area contributed by atoms with Crippen LogP contribution in [0.5, 0.6) is 0 Å². The molecule has 1 saturated carbocycles. The number of rotatable bonds is 1. The maximum atomic E-state index is 12.5. The molecule has 0 aromatic rings. The van der Waals surface area contributed by atoms with E-state index in [1.165, 1.54) is 0 Å². The molecule has 0 unspecified atom stereocenters. The minimum Gasteiger partial charge on any atom is -0.444 e. The average Bonchev–Trinajstić information content (AvgIpc) is 3.07. The Balaban J connectivity index is 1.89. The maximum Gasteiger partial charge on any atom is 0.204 e. The Morgan fingerprint density at radius 3 is 2.90 bits per heavy atom. The number of nitriles is 1. The van der Waals surface area contributed by atoms with Crippen LogP contribution in [0.3, 0.4) is 0 Å². The summed E-state index contributed by atoms with van der Waals surface area (Å²) in [4.78, 5) is 12.5. The molecule has 4 heteroatoms. The van der Waals surface area contributed by atoms with Crippen LogP contribution in [-0.4, -0.2) is 5.78 Å². The van der Waals surface area contributed by atoms with Crippen LogP contribution in [0.25, 0.3) is 0 Å². The molecule has 21 heavy (non-hydrogen) atoms. The average molecular weight is 282 g/mol. The quantitative estimate of drug-likeness (QED) is 0.750. The van der Waals surface area contributed by atoms with Crippen LogP contribution in [0.1, 0.15) is 38.5 Å². The van der Waals surface area contributed by atoms with Crippen LogP contribution in [0.4, 0.5) is 0 Å². The van der Waals surface area contributed by atoms with Crippen molar-refractivity contribution in [1.29, 1.82) is 5.26 Å². The topological polar surface area (TPSA) is 76.1 Å². The van der Waals surface area contributed by atoms with Gasteiger partial charge in [0.25, 0.3) is 0 Å². The highest BCUT2D eigenvalue weighted by atomic mass is 16.5. The summed E-state index contributed by atoms with van der Waals surface area (Å²) in [5.74, 6) is 1.46. The van der Waals surface area contributed by atoms with Crippen molar-refractivity contribution in [1.82, 2.24) is 0 Å². The third kappa shape index (κ3) is 1.64. The first-order valence-corrected chi connectivity index (χ1v) is 7.68. The van der Waals surface area contributed by atoms with Crippen LogP contribution < -0.4 is 5.73 Å². The second-order valence-corrected chi connectivity index (χ2v) is 6.63. The van der Waals surface area contributed by atoms with Crippen LogP contribution in [0, 0.1) is 28.6 Å². The van der Waals surface area contributed by atoms with Crippen molar-refractivity contribution in [2.24, 2.45) is 23.0 Å². The highest BCUT2D eigenvalue weighted by Gasteiger charge is 2.53. The first-order chi connectivity index (χ1) is 10.1. The fraction of sp³-hybridized carbons (Fsp3) is 0.529.